The summed E-state index contributed by atoms with van der Waals surface area (Å²) in [7, 11) is 8.22. The fourth-order valence-corrected chi connectivity index (χ4v) is 2.68. The van der Waals surface area contributed by atoms with Gasteiger partial charge in [-0.3, -0.25) is 9.89 Å². The molecule has 0 bridgehead atoms. The van der Waals surface area contributed by atoms with Crippen LogP contribution in [0.15, 0.2) is 4.99 Å². The summed E-state index contributed by atoms with van der Waals surface area (Å²) in [4.78, 5) is 11.6. The summed E-state index contributed by atoms with van der Waals surface area (Å²) < 4.78 is 0. The minimum absolute atomic E-state index is 0. The molecule has 1 aliphatic rings. The van der Waals surface area contributed by atoms with Crippen molar-refractivity contribution in [3.8, 4) is 0 Å². The van der Waals surface area contributed by atoms with Crippen LogP contribution in [-0.4, -0.2) is 74.5 Å². The number of nitrogens with zero attached hydrogens (tertiary/aromatic N) is 4. The molecule has 1 heterocycles. The third-order valence-electron chi connectivity index (χ3n) is 3.60. The standard InChI is InChI=1S/C14H30N4.HI/c1-12(2)13(18-9-7-8-10-18)11-15-14(16(3)4)17(5)6;/h12-13H,7-11H2,1-6H3;1H. The molecular weight excluding hydrogens is 351 g/mol. The molecule has 0 amide bonds. The normalized spacial score (nSPS) is 17.0. The first kappa shape index (κ1) is 19.0. The molecule has 19 heavy (non-hydrogen) atoms. The summed E-state index contributed by atoms with van der Waals surface area (Å²) >= 11 is 0. The largest absolute Gasteiger partial charge is 0.349 e. The average molecular weight is 382 g/mol. The second kappa shape index (κ2) is 9.00. The Morgan fingerprint density at radius 2 is 1.53 bits per heavy atom. The van der Waals surface area contributed by atoms with Crippen molar-refractivity contribution in [1.29, 1.82) is 0 Å². The van der Waals surface area contributed by atoms with Gasteiger partial charge in [0, 0.05) is 34.2 Å². The van der Waals surface area contributed by atoms with Crippen LogP contribution in [0.2, 0.25) is 0 Å². The van der Waals surface area contributed by atoms with E-state index in [1.165, 1.54) is 25.9 Å². The number of guanidine groups is 1. The third kappa shape index (κ3) is 5.85. The molecule has 1 aliphatic heterocycles. The van der Waals surface area contributed by atoms with Gasteiger partial charge in [0.25, 0.3) is 0 Å². The van der Waals surface area contributed by atoms with E-state index in [0.717, 1.165) is 12.5 Å². The monoisotopic (exact) mass is 382 g/mol. The van der Waals surface area contributed by atoms with Crippen LogP contribution in [0, 0.1) is 5.92 Å². The molecule has 1 saturated heterocycles. The molecule has 0 spiro atoms. The first-order valence-corrected chi connectivity index (χ1v) is 7.06. The lowest BCUT2D eigenvalue weighted by Gasteiger charge is -2.31. The number of likely N-dealkylation sites (tertiary alicyclic amines) is 1. The number of rotatable bonds is 4. The Labute approximate surface area is 136 Å². The third-order valence-corrected chi connectivity index (χ3v) is 3.60. The topological polar surface area (TPSA) is 22.1 Å². The quantitative estimate of drug-likeness (QED) is 0.423. The van der Waals surface area contributed by atoms with E-state index in [2.05, 4.69) is 56.7 Å². The molecule has 0 aromatic rings. The molecule has 0 aromatic heterocycles. The Morgan fingerprint density at radius 3 is 1.89 bits per heavy atom. The first-order valence-electron chi connectivity index (χ1n) is 7.06. The van der Waals surface area contributed by atoms with E-state index in [0.29, 0.717) is 12.0 Å². The van der Waals surface area contributed by atoms with Gasteiger partial charge in [-0.05, 0) is 31.8 Å². The van der Waals surface area contributed by atoms with E-state index in [1.54, 1.807) is 0 Å². The molecule has 0 N–H and O–H groups in total. The van der Waals surface area contributed by atoms with Crippen molar-refractivity contribution in [2.75, 3.05) is 47.8 Å². The van der Waals surface area contributed by atoms with Crippen LogP contribution in [0.1, 0.15) is 26.7 Å². The van der Waals surface area contributed by atoms with Crippen molar-refractivity contribution in [2.45, 2.75) is 32.7 Å². The van der Waals surface area contributed by atoms with E-state index in [9.17, 15) is 0 Å². The Bertz CT molecular complexity index is 261. The summed E-state index contributed by atoms with van der Waals surface area (Å²) in [5, 5.41) is 0. The molecule has 1 fully saturated rings. The first-order chi connectivity index (χ1) is 8.43. The maximum absolute atomic E-state index is 4.82. The number of hydrogen-bond donors (Lipinski definition) is 0. The minimum atomic E-state index is 0. The van der Waals surface area contributed by atoms with Gasteiger partial charge in [-0.25, -0.2) is 0 Å². The van der Waals surface area contributed by atoms with Crippen molar-refractivity contribution >= 4 is 29.9 Å². The lowest BCUT2D eigenvalue weighted by molar-refractivity contribution is 0.197. The van der Waals surface area contributed by atoms with Gasteiger partial charge in [-0.1, -0.05) is 13.8 Å². The predicted molar refractivity (Wildman–Crippen MR) is 94.5 cm³/mol. The SMILES string of the molecule is CC(C)C(CN=C(N(C)C)N(C)C)N1CCCC1.I. The average Bonchev–Trinajstić information content (AvgIpc) is 2.75. The summed E-state index contributed by atoms with van der Waals surface area (Å²) in [6, 6.07) is 0.586. The van der Waals surface area contributed by atoms with E-state index in [4.69, 9.17) is 4.99 Å². The predicted octanol–water partition coefficient (Wildman–Crippen LogP) is 2.20. The molecule has 0 aromatic carbocycles. The molecule has 0 radical (unpaired) electrons. The minimum Gasteiger partial charge on any atom is -0.349 e. The maximum Gasteiger partial charge on any atom is 0.195 e. The summed E-state index contributed by atoms with van der Waals surface area (Å²) in [5.41, 5.74) is 0. The van der Waals surface area contributed by atoms with Gasteiger partial charge in [-0.2, -0.15) is 0 Å². The highest BCUT2D eigenvalue weighted by Crippen LogP contribution is 2.18. The molecule has 0 saturated carbocycles. The zero-order valence-electron chi connectivity index (χ0n) is 13.4. The summed E-state index contributed by atoms with van der Waals surface area (Å²) in [6.07, 6.45) is 2.70. The Kier molecular flexibility index (Phi) is 8.98. The van der Waals surface area contributed by atoms with Crippen LogP contribution in [0.5, 0.6) is 0 Å². The molecule has 1 atom stereocenters. The highest BCUT2D eigenvalue weighted by molar-refractivity contribution is 14.0. The number of aliphatic imine (C=N–C) groups is 1. The van der Waals surface area contributed by atoms with E-state index in [-0.39, 0.29) is 24.0 Å². The van der Waals surface area contributed by atoms with Crippen molar-refractivity contribution in [3.63, 3.8) is 0 Å². The van der Waals surface area contributed by atoms with Crippen LogP contribution in [-0.2, 0) is 0 Å². The molecule has 4 nitrogen and oxygen atoms in total. The highest BCUT2D eigenvalue weighted by Gasteiger charge is 2.24. The van der Waals surface area contributed by atoms with E-state index < -0.39 is 0 Å². The van der Waals surface area contributed by atoms with Gasteiger partial charge in [0.2, 0.25) is 0 Å². The van der Waals surface area contributed by atoms with Gasteiger partial charge in [0.05, 0.1) is 6.54 Å². The Morgan fingerprint density at radius 1 is 1.05 bits per heavy atom. The lowest BCUT2D eigenvalue weighted by Crippen LogP contribution is -2.41. The Hall–Kier alpha value is -0.0400. The highest BCUT2D eigenvalue weighted by atomic mass is 127. The van der Waals surface area contributed by atoms with E-state index >= 15 is 0 Å². The van der Waals surface area contributed by atoms with E-state index in [1.807, 2.05) is 0 Å². The van der Waals surface area contributed by atoms with Gasteiger partial charge < -0.3 is 9.80 Å². The van der Waals surface area contributed by atoms with Crippen molar-refractivity contribution < 1.29 is 0 Å². The molecule has 114 valence electrons. The van der Waals surface area contributed by atoms with Crippen LogP contribution in [0.4, 0.5) is 0 Å². The molecule has 0 aliphatic carbocycles. The molecule has 1 unspecified atom stereocenters. The van der Waals surface area contributed by atoms with Crippen molar-refractivity contribution in [3.05, 3.63) is 0 Å². The van der Waals surface area contributed by atoms with Crippen LogP contribution < -0.4 is 0 Å². The zero-order chi connectivity index (χ0) is 13.7. The summed E-state index contributed by atoms with van der Waals surface area (Å²) in [6.45, 7) is 8.02. The molecule has 5 heteroatoms. The smallest absolute Gasteiger partial charge is 0.195 e. The van der Waals surface area contributed by atoms with Crippen LogP contribution in [0.3, 0.4) is 0 Å². The Balaban J connectivity index is 0.00000324. The fraction of sp³-hybridized carbons (Fsp3) is 0.929. The summed E-state index contributed by atoms with van der Waals surface area (Å²) in [5.74, 6) is 1.72. The molecule has 1 rings (SSSR count). The lowest BCUT2D eigenvalue weighted by atomic mass is 10.0. The second-order valence-electron chi connectivity index (χ2n) is 5.98. The van der Waals surface area contributed by atoms with Crippen LogP contribution >= 0.6 is 24.0 Å². The van der Waals surface area contributed by atoms with Gasteiger partial charge >= 0.3 is 0 Å². The number of halogens is 1. The van der Waals surface area contributed by atoms with Gasteiger partial charge in [-0.15, -0.1) is 24.0 Å². The van der Waals surface area contributed by atoms with Gasteiger partial charge in [0.1, 0.15) is 0 Å². The zero-order valence-corrected chi connectivity index (χ0v) is 15.7. The number of hydrogen-bond acceptors (Lipinski definition) is 2. The van der Waals surface area contributed by atoms with Crippen molar-refractivity contribution in [1.82, 2.24) is 14.7 Å². The van der Waals surface area contributed by atoms with Crippen LogP contribution in [0.25, 0.3) is 0 Å². The maximum atomic E-state index is 4.82. The van der Waals surface area contributed by atoms with Crippen molar-refractivity contribution in [2.24, 2.45) is 10.9 Å². The molecular formula is C14H31IN4. The second-order valence-corrected chi connectivity index (χ2v) is 5.98. The van der Waals surface area contributed by atoms with Gasteiger partial charge in [0.15, 0.2) is 5.96 Å². The fourth-order valence-electron chi connectivity index (χ4n) is 2.68.